The van der Waals surface area contributed by atoms with Crippen LogP contribution in [0.15, 0.2) is 4.52 Å². The molecule has 2 aromatic rings. The number of rotatable bonds is 3. The van der Waals surface area contributed by atoms with Gasteiger partial charge in [0, 0.05) is 43.2 Å². The van der Waals surface area contributed by atoms with Crippen molar-refractivity contribution in [1.82, 2.24) is 20.0 Å². The van der Waals surface area contributed by atoms with Gasteiger partial charge in [0.1, 0.15) is 17.4 Å². The van der Waals surface area contributed by atoms with Gasteiger partial charge in [-0.2, -0.15) is 0 Å². The van der Waals surface area contributed by atoms with Crippen LogP contribution in [0.3, 0.4) is 0 Å². The molecule has 3 aliphatic rings. The van der Waals surface area contributed by atoms with Crippen molar-refractivity contribution >= 4 is 5.82 Å². The van der Waals surface area contributed by atoms with E-state index in [-0.39, 0.29) is 0 Å². The largest absolute Gasteiger partial charge is 0.361 e. The lowest BCUT2D eigenvalue weighted by atomic mass is 9.72. The van der Waals surface area contributed by atoms with E-state index < -0.39 is 0 Å². The lowest BCUT2D eigenvalue weighted by Crippen LogP contribution is -2.72. The van der Waals surface area contributed by atoms with Gasteiger partial charge in [-0.05, 0) is 40.5 Å². The molecule has 6 nitrogen and oxygen atoms in total. The van der Waals surface area contributed by atoms with Crippen molar-refractivity contribution in [2.45, 2.75) is 46.6 Å². The van der Waals surface area contributed by atoms with Gasteiger partial charge in [0.15, 0.2) is 0 Å². The summed E-state index contributed by atoms with van der Waals surface area (Å²) in [6.45, 7) is 12.8. The van der Waals surface area contributed by atoms with E-state index in [2.05, 4.69) is 21.9 Å². The maximum Gasteiger partial charge on any atom is 0.143 e. The fourth-order valence-electron chi connectivity index (χ4n) is 4.61. The molecule has 1 spiro atoms. The first-order chi connectivity index (χ1) is 12.0. The molecule has 0 aromatic carbocycles. The first-order valence-electron chi connectivity index (χ1n) is 9.23. The number of aromatic nitrogens is 3. The standard InChI is InChI=1S/C19H25N5O/c1-11-17(16-12(2)22-25-13(16)3)20-14(4)21-18(11)24-9-19(10-24)7-23(8-19)15-5-6-15/h15H,5-10H2,1-4H3. The molecular weight excluding hydrogens is 314 g/mol. The summed E-state index contributed by atoms with van der Waals surface area (Å²) in [7, 11) is 0. The van der Waals surface area contributed by atoms with Gasteiger partial charge in [-0.15, -0.1) is 0 Å². The monoisotopic (exact) mass is 339 g/mol. The Morgan fingerprint density at radius 2 is 1.72 bits per heavy atom. The third kappa shape index (κ3) is 2.30. The first-order valence-corrected chi connectivity index (χ1v) is 9.23. The van der Waals surface area contributed by atoms with Crippen LogP contribution in [0.5, 0.6) is 0 Å². The molecule has 2 aliphatic heterocycles. The van der Waals surface area contributed by atoms with Gasteiger partial charge < -0.3 is 9.42 Å². The number of nitrogens with zero attached hydrogens (tertiary/aromatic N) is 5. The van der Waals surface area contributed by atoms with Crippen molar-refractivity contribution in [2.24, 2.45) is 5.41 Å². The highest BCUT2D eigenvalue weighted by molar-refractivity contribution is 5.72. The van der Waals surface area contributed by atoms with E-state index in [1.807, 2.05) is 20.8 Å². The van der Waals surface area contributed by atoms with Crippen LogP contribution in [0.2, 0.25) is 0 Å². The van der Waals surface area contributed by atoms with Crippen molar-refractivity contribution in [1.29, 1.82) is 0 Å². The quantitative estimate of drug-likeness (QED) is 0.857. The van der Waals surface area contributed by atoms with Crippen LogP contribution < -0.4 is 4.90 Å². The molecule has 3 fully saturated rings. The van der Waals surface area contributed by atoms with Crippen LogP contribution >= 0.6 is 0 Å². The van der Waals surface area contributed by atoms with Crippen molar-refractivity contribution in [3.8, 4) is 11.3 Å². The van der Waals surface area contributed by atoms with E-state index in [1.165, 1.54) is 25.9 Å². The Hall–Kier alpha value is -1.95. The maximum absolute atomic E-state index is 5.36. The number of aryl methyl sites for hydroxylation is 3. The van der Waals surface area contributed by atoms with Crippen LogP contribution in [-0.2, 0) is 0 Å². The minimum atomic E-state index is 0.511. The second kappa shape index (κ2) is 5.04. The lowest BCUT2D eigenvalue weighted by molar-refractivity contribution is -0.0278. The summed E-state index contributed by atoms with van der Waals surface area (Å²) < 4.78 is 5.36. The molecule has 4 heterocycles. The average Bonchev–Trinajstić information content (AvgIpc) is 3.26. The van der Waals surface area contributed by atoms with Gasteiger partial charge in [0.25, 0.3) is 0 Å². The average molecular weight is 339 g/mol. The Bertz CT molecular complexity index is 820. The molecule has 0 N–H and O–H groups in total. The van der Waals surface area contributed by atoms with Crippen LogP contribution in [-0.4, -0.2) is 52.2 Å². The molecule has 0 radical (unpaired) electrons. The van der Waals surface area contributed by atoms with E-state index in [0.717, 1.165) is 59.0 Å². The third-order valence-corrected chi connectivity index (χ3v) is 5.99. The molecule has 5 rings (SSSR count). The van der Waals surface area contributed by atoms with Crippen molar-refractivity contribution in [2.75, 3.05) is 31.1 Å². The van der Waals surface area contributed by atoms with E-state index >= 15 is 0 Å². The first kappa shape index (κ1) is 15.3. The second-order valence-electron chi connectivity index (χ2n) is 8.26. The Balaban J connectivity index is 1.41. The third-order valence-electron chi connectivity index (χ3n) is 5.99. The molecule has 1 saturated carbocycles. The smallest absolute Gasteiger partial charge is 0.143 e. The molecule has 0 unspecified atom stereocenters. The van der Waals surface area contributed by atoms with Crippen LogP contribution in [0.4, 0.5) is 5.82 Å². The molecule has 25 heavy (non-hydrogen) atoms. The molecule has 1 aliphatic carbocycles. The topological polar surface area (TPSA) is 58.3 Å². The Morgan fingerprint density at radius 1 is 1.00 bits per heavy atom. The molecule has 6 heteroatoms. The van der Waals surface area contributed by atoms with Crippen LogP contribution in [0.1, 0.15) is 35.7 Å². The summed E-state index contributed by atoms with van der Waals surface area (Å²) in [5.74, 6) is 2.71. The summed E-state index contributed by atoms with van der Waals surface area (Å²) in [4.78, 5) is 14.6. The van der Waals surface area contributed by atoms with Gasteiger partial charge in [-0.25, -0.2) is 9.97 Å². The summed E-state index contributed by atoms with van der Waals surface area (Å²) in [5, 5.41) is 4.09. The number of likely N-dealkylation sites (tertiary alicyclic amines) is 1. The van der Waals surface area contributed by atoms with E-state index in [0.29, 0.717) is 5.41 Å². The van der Waals surface area contributed by atoms with Gasteiger partial charge in [-0.1, -0.05) is 5.16 Å². The molecular formula is C19H25N5O. The zero-order valence-electron chi connectivity index (χ0n) is 15.5. The highest BCUT2D eigenvalue weighted by Crippen LogP contribution is 2.46. The van der Waals surface area contributed by atoms with E-state index in [9.17, 15) is 0 Å². The van der Waals surface area contributed by atoms with Gasteiger partial charge >= 0.3 is 0 Å². The minimum absolute atomic E-state index is 0.511. The Kier molecular flexibility index (Phi) is 3.08. The van der Waals surface area contributed by atoms with Gasteiger partial charge in [-0.3, -0.25) is 4.90 Å². The lowest BCUT2D eigenvalue weighted by Gasteiger charge is -2.61. The zero-order valence-corrected chi connectivity index (χ0v) is 15.5. The minimum Gasteiger partial charge on any atom is -0.361 e. The van der Waals surface area contributed by atoms with Crippen molar-refractivity contribution in [3.05, 3.63) is 22.8 Å². The number of anilines is 1. The molecule has 2 saturated heterocycles. The highest BCUT2D eigenvalue weighted by Gasteiger charge is 2.55. The van der Waals surface area contributed by atoms with Crippen molar-refractivity contribution in [3.63, 3.8) is 0 Å². The van der Waals surface area contributed by atoms with Crippen molar-refractivity contribution < 1.29 is 4.52 Å². The summed E-state index contributed by atoms with van der Waals surface area (Å²) in [6.07, 6.45) is 2.82. The van der Waals surface area contributed by atoms with Crippen LogP contribution in [0, 0.1) is 33.1 Å². The number of hydrogen-bond donors (Lipinski definition) is 0. The summed E-state index contributed by atoms with van der Waals surface area (Å²) >= 11 is 0. The second-order valence-corrected chi connectivity index (χ2v) is 8.26. The predicted molar refractivity (Wildman–Crippen MR) is 95.7 cm³/mol. The molecule has 132 valence electrons. The van der Waals surface area contributed by atoms with Gasteiger partial charge in [0.2, 0.25) is 0 Å². The summed E-state index contributed by atoms with van der Waals surface area (Å²) in [6, 6.07) is 0.897. The van der Waals surface area contributed by atoms with Crippen LogP contribution in [0.25, 0.3) is 11.3 Å². The summed E-state index contributed by atoms with van der Waals surface area (Å²) in [5.41, 5.74) is 4.52. The molecule has 0 amide bonds. The van der Waals surface area contributed by atoms with E-state index in [1.54, 1.807) is 0 Å². The molecule has 2 aromatic heterocycles. The fourth-order valence-corrected chi connectivity index (χ4v) is 4.61. The maximum atomic E-state index is 5.36. The zero-order chi connectivity index (χ0) is 17.3. The molecule has 0 bridgehead atoms. The Labute approximate surface area is 148 Å². The highest BCUT2D eigenvalue weighted by atomic mass is 16.5. The molecule has 0 atom stereocenters. The fraction of sp³-hybridized carbons (Fsp3) is 0.632. The SMILES string of the molecule is Cc1nc(-c2c(C)noc2C)c(C)c(N2CC3(C2)CN(C2CC2)C3)n1. The predicted octanol–water partition coefficient (Wildman–Crippen LogP) is 2.65. The van der Waals surface area contributed by atoms with E-state index in [4.69, 9.17) is 14.5 Å². The number of hydrogen-bond acceptors (Lipinski definition) is 6. The Morgan fingerprint density at radius 3 is 2.32 bits per heavy atom. The van der Waals surface area contributed by atoms with Gasteiger partial charge in [0.05, 0.1) is 17.0 Å². The normalized spacial score (nSPS) is 22.2.